The summed E-state index contributed by atoms with van der Waals surface area (Å²) in [5.74, 6) is 0.748. The highest BCUT2D eigenvalue weighted by molar-refractivity contribution is 5.82. The van der Waals surface area contributed by atoms with Crippen molar-refractivity contribution in [1.82, 2.24) is 10.2 Å². The molecule has 0 radical (unpaired) electrons. The van der Waals surface area contributed by atoms with Crippen LogP contribution in [0, 0.1) is 5.92 Å². The number of carbonyl (C=O) groups is 1. The SMILES string of the molecule is CO[C@@H]1CN(C(=O)[C@H]2Cc3ccccc3CN2)CC[C@@H]1C. The van der Waals surface area contributed by atoms with Gasteiger partial charge in [-0.15, -0.1) is 0 Å². The van der Waals surface area contributed by atoms with E-state index in [0.717, 1.165) is 32.5 Å². The fourth-order valence-electron chi connectivity index (χ4n) is 3.39. The van der Waals surface area contributed by atoms with Crippen molar-refractivity contribution >= 4 is 5.91 Å². The van der Waals surface area contributed by atoms with E-state index in [9.17, 15) is 4.79 Å². The minimum Gasteiger partial charge on any atom is -0.379 e. The van der Waals surface area contributed by atoms with E-state index in [1.807, 2.05) is 4.90 Å². The summed E-state index contributed by atoms with van der Waals surface area (Å²) in [4.78, 5) is 14.7. The molecule has 0 saturated carbocycles. The second-order valence-electron chi connectivity index (χ2n) is 6.23. The number of hydrogen-bond donors (Lipinski definition) is 1. The molecule has 1 aromatic rings. The Kier molecular flexibility index (Phi) is 4.27. The van der Waals surface area contributed by atoms with Gasteiger partial charge < -0.3 is 15.0 Å². The Bertz CT molecular complexity index is 517. The van der Waals surface area contributed by atoms with Crippen LogP contribution in [0.25, 0.3) is 0 Å². The van der Waals surface area contributed by atoms with Crippen LogP contribution in [0.1, 0.15) is 24.5 Å². The maximum absolute atomic E-state index is 12.7. The number of amides is 1. The van der Waals surface area contributed by atoms with Gasteiger partial charge in [-0.1, -0.05) is 31.2 Å². The van der Waals surface area contributed by atoms with E-state index in [4.69, 9.17) is 4.74 Å². The third kappa shape index (κ3) is 2.97. The molecule has 1 aromatic carbocycles. The normalized spacial score (nSPS) is 29.0. The predicted octanol–water partition coefficient (Wildman–Crippen LogP) is 1.58. The van der Waals surface area contributed by atoms with E-state index in [-0.39, 0.29) is 18.1 Å². The molecule has 21 heavy (non-hydrogen) atoms. The molecular formula is C17H24N2O2. The van der Waals surface area contributed by atoms with Crippen molar-refractivity contribution in [1.29, 1.82) is 0 Å². The van der Waals surface area contributed by atoms with Crippen molar-refractivity contribution in [3.8, 4) is 0 Å². The smallest absolute Gasteiger partial charge is 0.240 e. The molecule has 4 nitrogen and oxygen atoms in total. The van der Waals surface area contributed by atoms with Crippen LogP contribution in [-0.2, 0) is 22.5 Å². The number of hydrogen-bond acceptors (Lipinski definition) is 3. The third-order valence-electron chi connectivity index (χ3n) is 4.88. The molecule has 3 rings (SSSR count). The van der Waals surface area contributed by atoms with Gasteiger partial charge in [0.1, 0.15) is 0 Å². The number of ether oxygens (including phenoxy) is 1. The largest absolute Gasteiger partial charge is 0.379 e. The summed E-state index contributed by atoms with van der Waals surface area (Å²) in [5.41, 5.74) is 2.60. The van der Waals surface area contributed by atoms with Gasteiger partial charge in [0.2, 0.25) is 5.91 Å². The lowest BCUT2D eigenvalue weighted by Crippen LogP contribution is -2.54. The highest BCUT2D eigenvalue weighted by Gasteiger charge is 2.33. The van der Waals surface area contributed by atoms with Crippen LogP contribution in [0.5, 0.6) is 0 Å². The van der Waals surface area contributed by atoms with Crippen LogP contribution in [0.3, 0.4) is 0 Å². The van der Waals surface area contributed by atoms with Gasteiger partial charge in [0.05, 0.1) is 12.1 Å². The molecule has 2 aliphatic heterocycles. The van der Waals surface area contributed by atoms with E-state index in [0.29, 0.717) is 5.92 Å². The van der Waals surface area contributed by atoms with Crippen molar-refractivity contribution in [2.24, 2.45) is 5.92 Å². The Morgan fingerprint density at radius 2 is 2.10 bits per heavy atom. The monoisotopic (exact) mass is 288 g/mol. The van der Waals surface area contributed by atoms with Crippen molar-refractivity contribution < 1.29 is 9.53 Å². The first-order valence-corrected chi connectivity index (χ1v) is 7.80. The zero-order valence-corrected chi connectivity index (χ0v) is 12.8. The minimum absolute atomic E-state index is 0.0918. The number of nitrogens with zero attached hydrogens (tertiary/aromatic N) is 1. The predicted molar refractivity (Wildman–Crippen MR) is 81.9 cm³/mol. The number of benzene rings is 1. The summed E-state index contributed by atoms with van der Waals surface area (Å²) >= 11 is 0. The molecule has 114 valence electrons. The Hall–Kier alpha value is -1.39. The minimum atomic E-state index is -0.0918. The second kappa shape index (κ2) is 6.16. The summed E-state index contributed by atoms with van der Waals surface area (Å²) in [6.45, 7) is 4.55. The molecule has 3 atom stereocenters. The summed E-state index contributed by atoms with van der Waals surface area (Å²) in [7, 11) is 1.74. The number of methoxy groups -OCH3 is 1. The first kappa shape index (κ1) is 14.5. The fourth-order valence-corrected chi connectivity index (χ4v) is 3.39. The maximum atomic E-state index is 12.7. The van der Waals surface area contributed by atoms with Gasteiger partial charge in [-0.25, -0.2) is 0 Å². The Balaban J connectivity index is 1.67. The number of fused-ring (bicyclic) bond motifs is 1. The van der Waals surface area contributed by atoms with Crippen molar-refractivity contribution in [3.05, 3.63) is 35.4 Å². The number of likely N-dealkylation sites (tertiary alicyclic amines) is 1. The molecule has 0 spiro atoms. The first-order valence-electron chi connectivity index (χ1n) is 7.80. The van der Waals surface area contributed by atoms with Gasteiger partial charge >= 0.3 is 0 Å². The van der Waals surface area contributed by atoms with E-state index < -0.39 is 0 Å². The molecule has 0 unspecified atom stereocenters. The summed E-state index contributed by atoms with van der Waals surface area (Å²) in [6, 6.07) is 8.28. The highest BCUT2D eigenvalue weighted by atomic mass is 16.5. The van der Waals surface area contributed by atoms with Crippen LogP contribution in [0.15, 0.2) is 24.3 Å². The van der Waals surface area contributed by atoms with Gasteiger partial charge in [0.15, 0.2) is 0 Å². The lowest BCUT2D eigenvalue weighted by atomic mass is 9.92. The summed E-state index contributed by atoms with van der Waals surface area (Å²) in [5, 5.41) is 3.38. The van der Waals surface area contributed by atoms with Crippen LogP contribution < -0.4 is 5.32 Å². The zero-order valence-electron chi connectivity index (χ0n) is 12.8. The molecule has 1 fully saturated rings. The van der Waals surface area contributed by atoms with E-state index in [1.54, 1.807) is 7.11 Å². The molecule has 1 amide bonds. The maximum Gasteiger partial charge on any atom is 0.240 e. The quantitative estimate of drug-likeness (QED) is 0.898. The molecule has 4 heteroatoms. The van der Waals surface area contributed by atoms with E-state index >= 15 is 0 Å². The fraction of sp³-hybridized carbons (Fsp3) is 0.588. The van der Waals surface area contributed by atoms with Crippen molar-refractivity contribution in [2.75, 3.05) is 20.2 Å². The Morgan fingerprint density at radius 1 is 1.33 bits per heavy atom. The molecule has 2 heterocycles. The molecular weight excluding hydrogens is 264 g/mol. The number of piperidine rings is 1. The molecule has 0 aliphatic carbocycles. The first-order chi connectivity index (χ1) is 10.2. The van der Waals surface area contributed by atoms with Crippen LogP contribution >= 0.6 is 0 Å². The molecule has 1 N–H and O–H groups in total. The third-order valence-corrected chi connectivity index (χ3v) is 4.88. The van der Waals surface area contributed by atoms with Gasteiger partial charge in [-0.3, -0.25) is 4.79 Å². The number of rotatable bonds is 2. The zero-order chi connectivity index (χ0) is 14.8. The summed E-state index contributed by atoms with van der Waals surface area (Å²) < 4.78 is 5.51. The van der Waals surface area contributed by atoms with E-state index in [2.05, 4.69) is 36.5 Å². The highest BCUT2D eigenvalue weighted by Crippen LogP contribution is 2.22. The second-order valence-corrected chi connectivity index (χ2v) is 6.23. The molecule has 2 aliphatic rings. The number of carbonyl (C=O) groups excluding carboxylic acids is 1. The van der Waals surface area contributed by atoms with Gasteiger partial charge in [0, 0.05) is 26.7 Å². The average Bonchev–Trinajstić information content (AvgIpc) is 2.54. The van der Waals surface area contributed by atoms with Gasteiger partial charge in [0.25, 0.3) is 0 Å². The lowest BCUT2D eigenvalue weighted by molar-refractivity contribution is -0.138. The van der Waals surface area contributed by atoms with Crippen LogP contribution in [-0.4, -0.2) is 43.2 Å². The topological polar surface area (TPSA) is 41.6 Å². The number of nitrogens with one attached hydrogen (secondary N) is 1. The molecule has 0 bridgehead atoms. The average molecular weight is 288 g/mol. The van der Waals surface area contributed by atoms with Crippen molar-refractivity contribution in [3.63, 3.8) is 0 Å². The van der Waals surface area contributed by atoms with Gasteiger partial charge in [-0.2, -0.15) is 0 Å². The van der Waals surface area contributed by atoms with Crippen LogP contribution in [0.4, 0.5) is 0 Å². The molecule has 1 saturated heterocycles. The van der Waals surface area contributed by atoms with Gasteiger partial charge in [-0.05, 0) is 29.9 Å². The van der Waals surface area contributed by atoms with Crippen LogP contribution in [0.2, 0.25) is 0 Å². The molecule has 0 aromatic heterocycles. The standard InChI is InChI=1S/C17H24N2O2/c1-12-7-8-19(11-16(12)21-2)17(20)15-9-13-5-3-4-6-14(13)10-18-15/h3-6,12,15-16,18H,7-11H2,1-2H3/t12-,15+,16+/m0/s1. The van der Waals surface area contributed by atoms with Crippen molar-refractivity contribution in [2.45, 2.75) is 38.5 Å². The summed E-state index contributed by atoms with van der Waals surface area (Å²) in [6.07, 6.45) is 1.98. The lowest BCUT2D eigenvalue weighted by Gasteiger charge is -2.38. The Morgan fingerprint density at radius 3 is 2.86 bits per heavy atom. The Labute approximate surface area is 126 Å². The van der Waals surface area contributed by atoms with E-state index in [1.165, 1.54) is 11.1 Å².